The van der Waals surface area contributed by atoms with Crippen molar-refractivity contribution in [1.82, 2.24) is 15.2 Å². The minimum atomic E-state index is -0.0112. The number of amides is 1. The van der Waals surface area contributed by atoms with Crippen LogP contribution >= 0.6 is 24.8 Å². The lowest BCUT2D eigenvalue weighted by Gasteiger charge is -2.24. The van der Waals surface area contributed by atoms with Gasteiger partial charge in [-0.2, -0.15) is 0 Å². The van der Waals surface area contributed by atoms with Crippen molar-refractivity contribution in [3.05, 3.63) is 54.4 Å². The lowest BCUT2D eigenvalue weighted by molar-refractivity contribution is 0.0742. The Morgan fingerprint density at radius 3 is 2.62 bits per heavy atom. The van der Waals surface area contributed by atoms with Crippen molar-refractivity contribution in [1.29, 1.82) is 0 Å². The normalized spacial score (nSPS) is 21.2. The van der Waals surface area contributed by atoms with E-state index in [1.54, 1.807) is 18.3 Å². The molecule has 2 saturated heterocycles. The Balaban J connectivity index is 0.00000121. The minimum Gasteiger partial charge on any atom is -0.457 e. The molecule has 2 fully saturated rings. The highest BCUT2D eigenvalue weighted by molar-refractivity contribution is 5.92. The van der Waals surface area contributed by atoms with Crippen molar-refractivity contribution in [3.63, 3.8) is 0 Å². The topological polar surface area (TPSA) is 54.5 Å². The van der Waals surface area contributed by atoms with Gasteiger partial charge in [0.25, 0.3) is 5.91 Å². The lowest BCUT2D eigenvalue weighted by atomic mass is 10.1. The molecule has 5 nitrogen and oxygen atoms in total. The average Bonchev–Trinajstić information content (AvgIpc) is 2.94. The number of rotatable bonds is 3. The number of hydrogen-bond donors (Lipinski definition) is 1. The molecular formula is C19H23Cl2N3O2. The second kappa shape index (κ2) is 9.21. The molecule has 2 aromatic rings. The Morgan fingerprint density at radius 2 is 1.81 bits per heavy atom. The summed E-state index contributed by atoms with van der Waals surface area (Å²) in [7, 11) is 0. The first-order chi connectivity index (χ1) is 11.8. The fourth-order valence-electron chi connectivity index (χ4n) is 3.51. The molecule has 0 aliphatic carbocycles. The predicted octanol–water partition coefficient (Wildman–Crippen LogP) is 3.68. The van der Waals surface area contributed by atoms with Gasteiger partial charge in [-0.3, -0.25) is 9.78 Å². The van der Waals surface area contributed by atoms with E-state index in [1.807, 2.05) is 35.2 Å². The van der Waals surface area contributed by atoms with Crippen LogP contribution in [0.4, 0.5) is 0 Å². The second-order valence-corrected chi connectivity index (χ2v) is 6.47. The summed E-state index contributed by atoms with van der Waals surface area (Å²) in [5.41, 5.74) is 0.446. The van der Waals surface area contributed by atoms with Gasteiger partial charge >= 0.3 is 0 Å². The van der Waals surface area contributed by atoms with Gasteiger partial charge in [-0.05, 0) is 37.5 Å². The van der Waals surface area contributed by atoms with Crippen LogP contribution < -0.4 is 10.1 Å². The third-order valence-corrected chi connectivity index (χ3v) is 4.74. The van der Waals surface area contributed by atoms with Gasteiger partial charge in [-0.1, -0.05) is 18.2 Å². The zero-order chi connectivity index (χ0) is 16.4. The van der Waals surface area contributed by atoms with E-state index >= 15 is 0 Å². The van der Waals surface area contributed by atoms with Crippen LogP contribution in [-0.2, 0) is 0 Å². The van der Waals surface area contributed by atoms with Crippen molar-refractivity contribution < 1.29 is 9.53 Å². The quantitative estimate of drug-likeness (QED) is 0.860. The fourth-order valence-corrected chi connectivity index (χ4v) is 3.51. The monoisotopic (exact) mass is 395 g/mol. The largest absolute Gasteiger partial charge is 0.457 e. The van der Waals surface area contributed by atoms with Crippen LogP contribution in [0.25, 0.3) is 0 Å². The summed E-state index contributed by atoms with van der Waals surface area (Å²) in [6.07, 6.45) is 5.03. The van der Waals surface area contributed by atoms with E-state index < -0.39 is 0 Å². The van der Waals surface area contributed by atoms with Gasteiger partial charge in [-0.25, -0.2) is 0 Å². The molecule has 140 valence electrons. The van der Waals surface area contributed by atoms with Gasteiger partial charge in [0.05, 0.1) is 0 Å². The molecule has 7 heteroatoms. The van der Waals surface area contributed by atoms with E-state index in [0.29, 0.717) is 23.5 Å². The molecule has 2 atom stereocenters. The van der Waals surface area contributed by atoms with Gasteiger partial charge in [0.2, 0.25) is 0 Å². The first-order valence-electron chi connectivity index (χ1n) is 8.52. The van der Waals surface area contributed by atoms with Crippen LogP contribution in [0.2, 0.25) is 0 Å². The summed E-state index contributed by atoms with van der Waals surface area (Å²) in [4.78, 5) is 19.0. The minimum absolute atomic E-state index is 0. The molecule has 4 rings (SSSR count). The molecule has 3 heterocycles. The number of pyridine rings is 1. The Kier molecular flexibility index (Phi) is 7.26. The third kappa shape index (κ3) is 4.67. The fraction of sp³-hybridized carbons (Fsp3) is 0.368. The maximum absolute atomic E-state index is 12.8. The number of ether oxygens (including phenoxy) is 1. The molecular weight excluding hydrogens is 373 g/mol. The molecule has 1 aromatic heterocycles. The number of likely N-dealkylation sites (tertiary alicyclic amines) is 1. The molecule has 26 heavy (non-hydrogen) atoms. The van der Waals surface area contributed by atoms with Crippen molar-refractivity contribution >= 4 is 30.7 Å². The first-order valence-corrected chi connectivity index (χ1v) is 8.52. The summed E-state index contributed by atoms with van der Waals surface area (Å²) in [5.74, 6) is 1.37. The first kappa shape index (κ1) is 20.5. The third-order valence-electron chi connectivity index (χ3n) is 4.74. The van der Waals surface area contributed by atoms with E-state index in [0.717, 1.165) is 31.7 Å². The number of nitrogens with zero attached hydrogens (tertiary/aromatic N) is 2. The lowest BCUT2D eigenvalue weighted by Crippen LogP contribution is -2.39. The number of para-hydroxylation sites is 1. The standard InChI is InChI=1S/C19H21N3O2.2ClH/c23-19(22-11-9-14-6-7-15(13-22)21-14)18-12-17(8-10-20-18)24-16-4-2-1-3-5-16;;/h1-5,8,10,12,14-15,21H,6-7,9,11,13H2;2*1H. The van der Waals surface area contributed by atoms with E-state index in [1.165, 1.54) is 6.42 Å². The van der Waals surface area contributed by atoms with Gasteiger partial charge < -0.3 is 15.0 Å². The summed E-state index contributed by atoms with van der Waals surface area (Å²) in [6, 6.07) is 14.0. The second-order valence-electron chi connectivity index (χ2n) is 6.47. The number of carbonyl (C=O) groups excluding carboxylic acids is 1. The van der Waals surface area contributed by atoms with Gasteiger partial charge in [0, 0.05) is 37.4 Å². The number of fused-ring (bicyclic) bond motifs is 2. The number of carbonyl (C=O) groups is 1. The molecule has 0 radical (unpaired) electrons. The molecule has 1 aromatic carbocycles. The molecule has 2 aliphatic heterocycles. The molecule has 0 saturated carbocycles. The molecule has 2 unspecified atom stereocenters. The van der Waals surface area contributed by atoms with E-state index in [4.69, 9.17) is 4.74 Å². The molecule has 2 bridgehead atoms. The summed E-state index contributed by atoms with van der Waals surface area (Å²) >= 11 is 0. The van der Waals surface area contributed by atoms with E-state index in [2.05, 4.69) is 10.3 Å². The van der Waals surface area contributed by atoms with E-state index in [9.17, 15) is 4.79 Å². The number of nitrogens with one attached hydrogen (secondary N) is 1. The Morgan fingerprint density at radius 1 is 1.04 bits per heavy atom. The van der Waals surface area contributed by atoms with Gasteiger partial charge in [0.1, 0.15) is 17.2 Å². The zero-order valence-corrected chi connectivity index (χ0v) is 16.0. The van der Waals surface area contributed by atoms with Crippen molar-refractivity contribution in [2.24, 2.45) is 0 Å². The summed E-state index contributed by atoms with van der Waals surface area (Å²) < 4.78 is 5.81. The van der Waals surface area contributed by atoms with Crippen LogP contribution in [0.3, 0.4) is 0 Å². The maximum Gasteiger partial charge on any atom is 0.272 e. The van der Waals surface area contributed by atoms with Crippen LogP contribution in [0.5, 0.6) is 11.5 Å². The Labute approximate surface area is 166 Å². The predicted molar refractivity (Wildman–Crippen MR) is 106 cm³/mol. The molecule has 1 amide bonds. The summed E-state index contributed by atoms with van der Waals surface area (Å²) in [5, 5.41) is 3.59. The van der Waals surface area contributed by atoms with Gasteiger partial charge in [-0.15, -0.1) is 24.8 Å². The highest BCUT2D eigenvalue weighted by Gasteiger charge is 2.31. The average molecular weight is 396 g/mol. The van der Waals surface area contributed by atoms with Crippen molar-refractivity contribution in [2.45, 2.75) is 31.3 Å². The van der Waals surface area contributed by atoms with Crippen LogP contribution in [0.15, 0.2) is 48.7 Å². The zero-order valence-electron chi connectivity index (χ0n) is 14.3. The number of hydrogen-bond acceptors (Lipinski definition) is 4. The smallest absolute Gasteiger partial charge is 0.272 e. The number of halogens is 2. The van der Waals surface area contributed by atoms with E-state index in [-0.39, 0.29) is 30.7 Å². The van der Waals surface area contributed by atoms with Gasteiger partial charge in [0.15, 0.2) is 0 Å². The number of benzene rings is 1. The number of aromatic nitrogens is 1. The Hall–Kier alpha value is -1.82. The molecule has 0 spiro atoms. The van der Waals surface area contributed by atoms with Crippen LogP contribution in [0.1, 0.15) is 29.8 Å². The summed E-state index contributed by atoms with van der Waals surface area (Å²) in [6.45, 7) is 1.55. The van der Waals surface area contributed by atoms with Crippen LogP contribution in [0, 0.1) is 0 Å². The van der Waals surface area contributed by atoms with Crippen molar-refractivity contribution in [2.75, 3.05) is 13.1 Å². The van der Waals surface area contributed by atoms with Crippen molar-refractivity contribution in [3.8, 4) is 11.5 Å². The molecule has 1 N–H and O–H groups in total. The SMILES string of the molecule is Cl.Cl.O=C(c1cc(Oc2ccccc2)ccn1)N1CCC2CCC(C1)N2. The Bertz CT molecular complexity index is 730. The van der Waals surface area contributed by atoms with Crippen LogP contribution in [-0.4, -0.2) is 41.0 Å². The highest BCUT2D eigenvalue weighted by atomic mass is 35.5. The highest BCUT2D eigenvalue weighted by Crippen LogP contribution is 2.24. The molecule has 2 aliphatic rings. The maximum atomic E-state index is 12.8.